The number of rotatable bonds is 4. The minimum atomic E-state index is -0.341. The average Bonchev–Trinajstić information content (AvgIpc) is 2.76. The topological polar surface area (TPSA) is 61.4 Å². The van der Waals surface area contributed by atoms with Crippen LogP contribution in [-0.4, -0.2) is 42.1 Å². The van der Waals surface area contributed by atoms with Crippen LogP contribution in [-0.2, 0) is 0 Å². The third-order valence-electron chi connectivity index (χ3n) is 4.71. The van der Waals surface area contributed by atoms with E-state index in [9.17, 15) is 9.18 Å². The van der Waals surface area contributed by atoms with Crippen molar-refractivity contribution < 1.29 is 9.18 Å². The number of hydrogen-bond donors (Lipinski definition) is 1. The van der Waals surface area contributed by atoms with Crippen LogP contribution >= 0.6 is 0 Å². The molecule has 1 aliphatic heterocycles. The van der Waals surface area contributed by atoms with Crippen molar-refractivity contribution in [2.45, 2.75) is 0 Å². The van der Waals surface area contributed by atoms with E-state index < -0.39 is 0 Å². The molecule has 0 atom stereocenters. The highest BCUT2D eigenvalue weighted by molar-refractivity contribution is 6.04. The van der Waals surface area contributed by atoms with Crippen LogP contribution in [0.4, 0.5) is 21.6 Å². The van der Waals surface area contributed by atoms with Gasteiger partial charge in [0.15, 0.2) is 0 Å². The van der Waals surface area contributed by atoms with Gasteiger partial charge in [-0.05, 0) is 42.5 Å². The van der Waals surface area contributed by atoms with Gasteiger partial charge in [-0.15, -0.1) is 0 Å². The van der Waals surface area contributed by atoms with Gasteiger partial charge in [0.1, 0.15) is 11.6 Å². The highest BCUT2D eigenvalue weighted by Crippen LogP contribution is 2.20. The molecule has 3 heterocycles. The number of hydrogen-bond acceptors (Lipinski definition) is 5. The van der Waals surface area contributed by atoms with Crippen molar-refractivity contribution in [3.05, 3.63) is 78.5 Å². The standard InChI is InChI=1S/C21H20FN5O/c22-17-4-6-18(7-5-17)25-21(28)16-13-19(15-23-14-16)26-9-11-27(12-10-26)20-3-1-2-8-24-20/h1-8,13-15H,9-12H2,(H,25,28). The molecule has 1 fully saturated rings. The second kappa shape index (κ2) is 8.04. The molecule has 0 bridgehead atoms. The summed E-state index contributed by atoms with van der Waals surface area (Å²) in [4.78, 5) is 25.6. The van der Waals surface area contributed by atoms with Gasteiger partial charge in [-0.3, -0.25) is 9.78 Å². The molecule has 1 aliphatic rings. The Balaban J connectivity index is 1.41. The SMILES string of the molecule is O=C(Nc1ccc(F)cc1)c1cncc(N2CCN(c3ccccn3)CC2)c1. The van der Waals surface area contributed by atoms with Crippen LogP contribution in [0.3, 0.4) is 0 Å². The summed E-state index contributed by atoms with van der Waals surface area (Å²) in [5.41, 5.74) is 1.92. The molecule has 2 aromatic heterocycles. The van der Waals surface area contributed by atoms with Gasteiger partial charge in [-0.2, -0.15) is 0 Å². The van der Waals surface area contributed by atoms with Crippen LogP contribution in [0.15, 0.2) is 67.1 Å². The first kappa shape index (κ1) is 17.9. The molecule has 1 saturated heterocycles. The van der Waals surface area contributed by atoms with E-state index in [2.05, 4.69) is 25.1 Å². The van der Waals surface area contributed by atoms with Gasteiger partial charge in [-0.1, -0.05) is 6.07 Å². The molecule has 7 heteroatoms. The van der Waals surface area contributed by atoms with Crippen molar-refractivity contribution in [1.29, 1.82) is 0 Å². The van der Waals surface area contributed by atoms with Crippen LogP contribution in [0.25, 0.3) is 0 Å². The van der Waals surface area contributed by atoms with Gasteiger partial charge >= 0.3 is 0 Å². The number of piperazine rings is 1. The zero-order valence-electron chi connectivity index (χ0n) is 15.3. The summed E-state index contributed by atoms with van der Waals surface area (Å²) in [6, 6.07) is 13.4. The number of anilines is 3. The first-order valence-corrected chi connectivity index (χ1v) is 9.12. The molecule has 28 heavy (non-hydrogen) atoms. The van der Waals surface area contributed by atoms with Crippen molar-refractivity contribution in [2.75, 3.05) is 41.3 Å². The normalized spacial score (nSPS) is 14.0. The number of carbonyl (C=O) groups excluding carboxylic acids is 1. The lowest BCUT2D eigenvalue weighted by Crippen LogP contribution is -2.46. The van der Waals surface area contributed by atoms with Gasteiger partial charge in [0, 0.05) is 44.3 Å². The molecule has 0 unspecified atom stereocenters. The Hall–Kier alpha value is -3.48. The Morgan fingerprint density at radius 1 is 0.964 bits per heavy atom. The van der Waals surface area contributed by atoms with E-state index in [0.717, 1.165) is 37.7 Å². The Morgan fingerprint density at radius 3 is 2.43 bits per heavy atom. The van der Waals surface area contributed by atoms with E-state index in [1.165, 1.54) is 30.5 Å². The number of nitrogens with zero attached hydrogens (tertiary/aromatic N) is 4. The zero-order valence-corrected chi connectivity index (χ0v) is 15.3. The lowest BCUT2D eigenvalue weighted by atomic mass is 10.2. The summed E-state index contributed by atoms with van der Waals surface area (Å²) in [5.74, 6) is 0.368. The number of aromatic nitrogens is 2. The number of amides is 1. The maximum atomic E-state index is 13.0. The summed E-state index contributed by atoms with van der Waals surface area (Å²) in [6.45, 7) is 3.34. The third kappa shape index (κ3) is 4.09. The maximum Gasteiger partial charge on any atom is 0.257 e. The monoisotopic (exact) mass is 377 g/mol. The van der Waals surface area contributed by atoms with Gasteiger partial charge in [0.05, 0.1) is 17.4 Å². The van der Waals surface area contributed by atoms with E-state index >= 15 is 0 Å². The van der Waals surface area contributed by atoms with E-state index in [1.807, 2.05) is 24.3 Å². The van der Waals surface area contributed by atoms with Crippen LogP contribution < -0.4 is 15.1 Å². The summed E-state index contributed by atoms with van der Waals surface area (Å²) >= 11 is 0. The van der Waals surface area contributed by atoms with Gasteiger partial charge < -0.3 is 15.1 Å². The lowest BCUT2D eigenvalue weighted by molar-refractivity contribution is 0.102. The summed E-state index contributed by atoms with van der Waals surface area (Å²) in [5, 5.41) is 2.76. The van der Waals surface area contributed by atoms with E-state index in [4.69, 9.17) is 0 Å². The Morgan fingerprint density at radius 2 is 1.71 bits per heavy atom. The van der Waals surface area contributed by atoms with Crippen molar-refractivity contribution in [2.24, 2.45) is 0 Å². The highest BCUT2D eigenvalue weighted by Gasteiger charge is 2.19. The molecule has 0 aliphatic carbocycles. The second-order valence-electron chi connectivity index (χ2n) is 6.55. The van der Waals surface area contributed by atoms with Crippen LogP contribution in [0.1, 0.15) is 10.4 Å². The smallest absolute Gasteiger partial charge is 0.257 e. The fraction of sp³-hybridized carbons (Fsp3) is 0.190. The molecule has 0 radical (unpaired) electrons. The predicted octanol–water partition coefficient (Wildman–Crippen LogP) is 3.19. The number of nitrogens with one attached hydrogen (secondary N) is 1. The quantitative estimate of drug-likeness (QED) is 0.757. The molecular weight excluding hydrogens is 357 g/mol. The van der Waals surface area contributed by atoms with Gasteiger partial charge in [0.2, 0.25) is 0 Å². The molecule has 0 spiro atoms. The fourth-order valence-electron chi connectivity index (χ4n) is 3.20. The molecular formula is C21H20FN5O. The third-order valence-corrected chi connectivity index (χ3v) is 4.71. The van der Waals surface area contributed by atoms with Crippen molar-refractivity contribution in [3.8, 4) is 0 Å². The Labute approximate surface area is 162 Å². The van der Waals surface area contributed by atoms with Gasteiger partial charge in [-0.25, -0.2) is 9.37 Å². The van der Waals surface area contributed by atoms with Gasteiger partial charge in [0.25, 0.3) is 5.91 Å². The average molecular weight is 377 g/mol. The van der Waals surface area contributed by atoms with E-state index in [0.29, 0.717) is 11.3 Å². The van der Waals surface area contributed by atoms with E-state index in [1.54, 1.807) is 12.4 Å². The molecule has 1 N–H and O–H groups in total. The number of pyridine rings is 2. The Kier molecular flexibility index (Phi) is 5.14. The van der Waals surface area contributed by atoms with Crippen molar-refractivity contribution in [1.82, 2.24) is 9.97 Å². The number of carbonyl (C=O) groups is 1. The van der Waals surface area contributed by atoms with Crippen LogP contribution in [0.5, 0.6) is 0 Å². The fourth-order valence-corrected chi connectivity index (χ4v) is 3.20. The summed E-state index contributed by atoms with van der Waals surface area (Å²) in [7, 11) is 0. The number of benzene rings is 1. The zero-order chi connectivity index (χ0) is 19.3. The molecule has 3 aromatic rings. The van der Waals surface area contributed by atoms with E-state index in [-0.39, 0.29) is 11.7 Å². The first-order valence-electron chi connectivity index (χ1n) is 9.12. The lowest BCUT2D eigenvalue weighted by Gasteiger charge is -2.36. The molecule has 1 amide bonds. The molecule has 0 saturated carbocycles. The highest BCUT2D eigenvalue weighted by atomic mass is 19.1. The predicted molar refractivity (Wildman–Crippen MR) is 107 cm³/mol. The first-order chi connectivity index (χ1) is 13.7. The molecule has 6 nitrogen and oxygen atoms in total. The van der Waals surface area contributed by atoms with Crippen molar-refractivity contribution in [3.63, 3.8) is 0 Å². The minimum absolute atomic E-state index is 0.270. The van der Waals surface area contributed by atoms with Crippen molar-refractivity contribution >= 4 is 23.1 Å². The molecule has 4 rings (SSSR count). The summed E-state index contributed by atoms with van der Waals surface area (Å²) in [6.07, 6.45) is 5.10. The van der Waals surface area contributed by atoms with Crippen LogP contribution in [0.2, 0.25) is 0 Å². The Bertz CT molecular complexity index is 941. The second-order valence-corrected chi connectivity index (χ2v) is 6.55. The molecule has 142 valence electrons. The minimum Gasteiger partial charge on any atom is -0.367 e. The number of halogens is 1. The molecule has 1 aromatic carbocycles. The summed E-state index contributed by atoms with van der Waals surface area (Å²) < 4.78 is 13.0. The largest absolute Gasteiger partial charge is 0.367 e. The maximum absolute atomic E-state index is 13.0. The van der Waals surface area contributed by atoms with Crippen LogP contribution in [0, 0.1) is 5.82 Å².